The number of hydrogen-bond donors (Lipinski definition) is 1. The van der Waals surface area contributed by atoms with E-state index < -0.39 is 0 Å². The van der Waals surface area contributed by atoms with Crippen molar-refractivity contribution in [2.45, 2.75) is 39.3 Å². The minimum absolute atomic E-state index is 0.448. The van der Waals surface area contributed by atoms with Gasteiger partial charge >= 0.3 is 0 Å². The molecule has 2 unspecified atom stereocenters. The normalized spacial score (nSPS) is 15.9. The predicted octanol–water partition coefficient (Wildman–Crippen LogP) is 1.34. The van der Waals surface area contributed by atoms with Crippen LogP contribution in [-0.2, 0) is 4.74 Å². The highest BCUT2D eigenvalue weighted by Crippen LogP contribution is 1.97. The molecule has 0 saturated heterocycles. The van der Waals surface area contributed by atoms with E-state index in [1.165, 1.54) is 6.42 Å². The lowest BCUT2D eigenvalue weighted by Crippen LogP contribution is -2.42. The van der Waals surface area contributed by atoms with Gasteiger partial charge in [-0.2, -0.15) is 0 Å². The minimum Gasteiger partial charge on any atom is -0.380 e. The van der Waals surface area contributed by atoms with Gasteiger partial charge in [0.15, 0.2) is 0 Å². The summed E-state index contributed by atoms with van der Waals surface area (Å²) in [5.74, 6) is 0. The molecule has 86 valence electrons. The monoisotopic (exact) mass is 202 g/mol. The van der Waals surface area contributed by atoms with Crippen LogP contribution < -0.4 is 5.32 Å². The predicted molar refractivity (Wildman–Crippen MR) is 61.7 cm³/mol. The van der Waals surface area contributed by atoms with E-state index in [1.807, 2.05) is 6.92 Å². The molecule has 0 aliphatic heterocycles. The van der Waals surface area contributed by atoms with E-state index in [2.05, 4.69) is 38.2 Å². The second-order valence-corrected chi connectivity index (χ2v) is 3.99. The molecule has 3 heteroatoms. The van der Waals surface area contributed by atoms with Gasteiger partial charge in [-0.3, -0.25) is 0 Å². The van der Waals surface area contributed by atoms with E-state index in [0.717, 1.165) is 19.8 Å². The van der Waals surface area contributed by atoms with Crippen molar-refractivity contribution in [3.05, 3.63) is 0 Å². The zero-order valence-corrected chi connectivity index (χ0v) is 10.3. The lowest BCUT2D eigenvalue weighted by Gasteiger charge is -2.25. The van der Waals surface area contributed by atoms with Gasteiger partial charge in [-0.05, 0) is 34.4 Å². The van der Waals surface area contributed by atoms with Gasteiger partial charge < -0.3 is 15.0 Å². The van der Waals surface area contributed by atoms with Gasteiger partial charge in [0.2, 0.25) is 0 Å². The van der Waals surface area contributed by atoms with E-state index in [9.17, 15) is 0 Å². The van der Waals surface area contributed by atoms with Crippen molar-refractivity contribution in [2.75, 3.05) is 33.9 Å². The van der Waals surface area contributed by atoms with E-state index in [0.29, 0.717) is 12.1 Å². The average molecular weight is 202 g/mol. The Hall–Kier alpha value is -0.120. The molecule has 0 bridgehead atoms. The molecular formula is C11H26N2O. The van der Waals surface area contributed by atoms with Gasteiger partial charge in [-0.15, -0.1) is 0 Å². The fourth-order valence-electron chi connectivity index (χ4n) is 1.38. The minimum atomic E-state index is 0.448. The lowest BCUT2D eigenvalue weighted by molar-refractivity contribution is 0.124. The maximum absolute atomic E-state index is 5.35. The molecule has 0 aromatic heterocycles. The lowest BCUT2D eigenvalue weighted by atomic mass is 10.2. The summed E-state index contributed by atoms with van der Waals surface area (Å²) in [4.78, 5) is 2.26. The van der Waals surface area contributed by atoms with Crippen molar-refractivity contribution in [2.24, 2.45) is 0 Å². The Labute approximate surface area is 88.8 Å². The molecule has 0 heterocycles. The van der Waals surface area contributed by atoms with Crippen LogP contribution in [0.4, 0.5) is 0 Å². The number of rotatable bonds is 8. The molecule has 2 atom stereocenters. The topological polar surface area (TPSA) is 24.5 Å². The highest BCUT2D eigenvalue weighted by atomic mass is 16.5. The highest BCUT2D eigenvalue weighted by molar-refractivity contribution is 4.70. The van der Waals surface area contributed by atoms with Crippen LogP contribution in [0, 0.1) is 0 Å². The third kappa shape index (κ3) is 6.35. The summed E-state index contributed by atoms with van der Waals surface area (Å²) < 4.78 is 5.35. The van der Waals surface area contributed by atoms with Crippen LogP contribution in [-0.4, -0.2) is 50.8 Å². The Morgan fingerprint density at radius 3 is 2.36 bits per heavy atom. The summed E-state index contributed by atoms with van der Waals surface area (Å²) in [6.07, 6.45) is 1.18. The Bertz CT molecular complexity index is 128. The van der Waals surface area contributed by atoms with Crippen LogP contribution in [0.3, 0.4) is 0 Å². The molecule has 14 heavy (non-hydrogen) atoms. The first-order valence-electron chi connectivity index (χ1n) is 5.59. The van der Waals surface area contributed by atoms with Gasteiger partial charge in [0.05, 0.1) is 6.61 Å². The van der Waals surface area contributed by atoms with Crippen molar-refractivity contribution in [1.29, 1.82) is 0 Å². The third-order valence-corrected chi connectivity index (χ3v) is 2.48. The zero-order valence-electron chi connectivity index (χ0n) is 10.3. The number of hydrogen-bond acceptors (Lipinski definition) is 3. The fourth-order valence-corrected chi connectivity index (χ4v) is 1.38. The molecule has 0 spiro atoms. The molecule has 0 rings (SSSR count). The van der Waals surface area contributed by atoms with Crippen molar-refractivity contribution in [1.82, 2.24) is 10.2 Å². The number of nitrogens with one attached hydrogen (secondary N) is 1. The Morgan fingerprint density at radius 2 is 1.93 bits per heavy atom. The second-order valence-electron chi connectivity index (χ2n) is 3.99. The maximum atomic E-state index is 5.35. The molecule has 0 radical (unpaired) electrons. The Balaban J connectivity index is 3.57. The summed E-state index contributed by atoms with van der Waals surface area (Å²) in [6, 6.07) is 1.07. The first-order chi connectivity index (χ1) is 6.61. The zero-order chi connectivity index (χ0) is 11.0. The summed E-state index contributed by atoms with van der Waals surface area (Å²) in [5.41, 5.74) is 0. The van der Waals surface area contributed by atoms with Gasteiger partial charge in [0.1, 0.15) is 0 Å². The van der Waals surface area contributed by atoms with Crippen LogP contribution in [0.25, 0.3) is 0 Å². The molecule has 0 aliphatic rings. The van der Waals surface area contributed by atoms with E-state index >= 15 is 0 Å². The van der Waals surface area contributed by atoms with Gasteiger partial charge in [0, 0.05) is 25.2 Å². The maximum Gasteiger partial charge on any atom is 0.0616 e. The Kier molecular flexibility index (Phi) is 8.14. The van der Waals surface area contributed by atoms with Crippen LogP contribution in [0.2, 0.25) is 0 Å². The molecule has 1 N–H and O–H groups in total. The van der Waals surface area contributed by atoms with Crippen molar-refractivity contribution in [3.63, 3.8) is 0 Å². The van der Waals surface area contributed by atoms with Crippen LogP contribution in [0.15, 0.2) is 0 Å². The number of nitrogens with zero attached hydrogens (tertiary/aromatic N) is 1. The molecule has 0 aliphatic carbocycles. The standard InChI is InChI=1S/C11H26N2O/c1-6-11(13(4)5)8-12-10(3)9-14-7-2/h10-12H,6-9H2,1-5H3. The third-order valence-electron chi connectivity index (χ3n) is 2.48. The molecule has 3 nitrogen and oxygen atoms in total. The number of likely N-dealkylation sites (N-methyl/N-ethyl adjacent to an activating group) is 1. The first kappa shape index (κ1) is 13.9. The van der Waals surface area contributed by atoms with Crippen molar-refractivity contribution in [3.8, 4) is 0 Å². The molecule has 0 aromatic rings. The van der Waals surface area contributed by atoms with Crippen molar-refractivity contribution >= 4 is 0 Å². The summed E-state index contributed by atoms with van der Waals surface area (Å²) in [5, 5.41) is 3.48. The molecule has 0 fully saturated rings. The second kappa shape index (κ2) is 8.21. The van der Waals surface area contributed by atoms with Gasteiger partial charge in [0.25, 0.3) is 0 Å². The van der Waals surface area contributed by atoms with Gasteiger partial charge in [-0.1, -0.05) is 6.92 Å². The van der Waals surface area contributed by atoms with Crippen LogP contribution >= 0.6 is 0 Å². The molecule has 0 aromatic carbocycles. The van der Waals surface area contributed by atoms with Crippen LogP contribution in [0.5, 0.6) is 0 Å². The highest BCUT2D eigenvalue weighted by Gasteiger charge is 2.09. The largest absolute Gasteiger partial charge is 0.380 e. The summed E-state index contributed by atoms with van der Waals surface area (Å²) in [7, 11) is 4.26. The van der Waals surface area contributed by atoms with Crippen LogP contribution in [0.1, 0.15) is 27.2 Å². The molecule has 0 amide bonds. The fraction of sp³-hybridized carbons (Fsp3) is 1.00. The molecule has 0 saturated carbocycles. The number of ether oxygens (including phenoxy) is 1. The van der Waals surface area contributed by atoms with E-state index in [-0.39, 0.29) is 0 Å². The Morgan fingerprint density at radius 1 is 1.29 bits per heavy atom. The smallest absolute Gasteiger partial charge is 0.0616 e. The quantitative estimate of drug-likeness (QED) is 0.643. The van der Waals surface area contributed by atoms with E-state index in [4.69, 9.17) is 4.74 Å². The first-order valence-corrected chi connectivity index (χ1v) is 5.59. The SMILES string of the molecule is CCOCC(C)NCC(CC)N(C)C. The van der Waals surface area contributed by atoms with Crippen molar-refractivity contribution < 1.29 is 4.74 Å². The average Bonchev–Trinajstić information content (AvgIpc) is 2.15. The summed E-state index contributed by atoms with van der Waals surface area (Å²) in [6.45, 7) is 9.06. The molecular weight excluding hydrogens is 176 g/mol. The van der Waals surface area contributed by atoms with E-state index in [1.54, 1.807) is 0 Å². The summed E-state index contributed by atoms with van der Waals surface area (Å²) >= 11 is 0. The van der Waals surface area contributed by atoms with Gasteiger partial charge in [-0.25, -0.2) is 0 Å².